The Balaban J connectivity index is 1.80. The van der Waals surface area contributed by atoms with Gasteiger partial charge < -0.3 is 10.1 Å². The summed E-state index contributed by atoms with van der Waals surface area (Å²) in [7, 11) is 0. The summed E-state index contributed by atoms with van der Waals surface area (Å²) < 4.78 is 43.6. The molecule has 0 spiro atoms. The summed E-state index contributed by atoms with van der Waals surface area (Å²) >= 11 is 6.36. The Bertz CT molecular complexity index is 1000. The van der Waals surface area contributed by atoms with E-state index in [0.29, 0.717) is 12.2 Å². The van der Waals surface area contributed by atoms with Gasteiger partial charge in [-0.25, -0.2) is 4.68 Å². The number of amides is 1. The number of carbonyl (C=O) groups is 1. The van der Waals surface area contributed by atoms with Gasteiger partial charge in [-0.3, -0.25) is 4.79 Å². The number of carbonyl (C=O) groups excluding carboxylic acids is 1. The predicted octanol–water partition coefficient (Wildman–Crippen LogP) is 5.09. The zero-order valence-electron chi connectivity index (χ0n) is 15.3. The SMILES string of the molecule is Cc1nn(Cc2ccccc2)c(Cl)c1C(=O)Nc1ccccc1OCC(F)(F)F. The van der Waals surface area contributed by atoms with Crippen LogP contribution in [-0.4, -0.2) is 28.5 Å². The lowest BCUT2D eigenvalue weighted by atomic mass is 10.2. The maximum atomic E-state index is 12.7. The number of rotatable bonds is 6. The lowest BCUT2D eigenvalue weighted by molar-refractivity contribution is -0.153. The summed E-state index contributed by atoms with van der Waals surface area (Å²) in [4.78, 5) is 12.7. The van der Waals surface area contributed by atoms with Crippen LogP contribution in [0.2, 0.25) is 5.15 Å². The molecule has 1 aromatic heterocycles. The Hall–Kier alpha value is -3.00. The van der Waals surface area contributed by atoms with Crippen LogP contribution < -0.4 is 10.1 Å². The van der Waals surface area contributed by atoms with Crippen LogP contribution in [0, 0.1) is 6.92 Å². The maximum absolute atomic E-state index is 12.7. The third-order valence-electron chi connectivity index (χ3n) is 3.99. The molecule has 0 fully saturated rings. The Labute approximate surface area is 170 Å². The van der Waals surface area contributed by atoms with E-state index in [9.17, 15) is 18.0 Å². The summed E-state index contributed by atoms with van der Waals surface area (Å²) in [6, 6.07) is 15.3. The average Bonchev–Trinajstić information content (AvgIpc) is 2.94. The number of benzene rings is 2. The van der Waals surface area contributed by atoms with E-state index in [1.165, 1.54) is 22.9 Å². The van der Waals surface area contributed by atoms with Crippen molar-refractivity contribution in [3.05, 3.63) is 76.6 Å². The van der Waals surface area contributed by atoms with Crippen molar-refractivity contribution in [2.45, 2.75) is 19.6 Å². The fraction of sp³-hybridized carbons (Fsp3) is 0.200. The topological polar surface area (TPSA) is 56.2 Å². The van der Waals surface area contributed by atoms with Gasteiger partial charge in [-0.2, -0.15) is 18.3 Å². The fourth-order valence-electron chi connectivity index (χ4n) is 2.71. The van der Waals surface area contributed by atoms with Crippen LogP contribution >= 0.6 is 11.6 Å². The molecular weight excluding hydrogens is 407 g/mol. The predicted molar refractivity (Wildman–Crippen MR) is 103 cm³/mol. The van der Waals surface area contributed by atoms with Crippen molar-refractivity contribution in [1.82, 2.24) is 9.78 Å². The van der Waals surface area contributed by atoms with E-state index in [1.54, 1.807) is 13.0 Å². The minimum Gasteiger partial charge on any atom is -0.482 e. The molecule has 0 unspecified atom stereocenters. The van der Waals surface area contributed by atoms with Crippen molar-refractivity contribution < 1.29 is 22.7 Å². The van der Waals surface area contributed by atoms with Gasteiger partial charge in [0.25, 0.3) is 5.91 Å². The molecule has 1 amide bonds. The summed E-state index contributed by atoms with van der Waals surface area (Å²) in [5.74, 6) is -0.682. The first kappa shape index (κ1) is 20.7. The summed E-state index contributed by atoms with van der Waals surface area (Å²) in [5.41, 5.74) is 1.60. The number of para-hydroxylation sites is 2. The van der Waals surface area contributed by atoms with Crippen molar-refractivity contribution in [3.63, 3.8) is 0 Å². The number of ether oxygens (including phenoxy) is 1. The largest absolute Gasteiger partial charge is 0.482 e. The van der Waals surface area contributed by atoms with Gasteiger partial charge in [0.15, 0.2) is 6.61 Å². The zero-order chi connectivity index (χ0) is 21.0. The van der Waals surface area contributed by atoms with Crippen molar-refractivity contribution in [2.75, 3.05) is 11.9 Å². The molecule has 0 atom stereocenters. The molecule has 0 aliphatic rings. The molecule has 9 heteroatoms. The van der Waals surface area contributed by atoms with Gasteiger partial charge in [-0.1, -0.05) is 54.1 Å². The summed E-state index contributed by atoms with van der Waals surface area (Å²) in [6.45, 7) is 0.544. The fourth-order valence-corrected chi connectivity index (χ4v) is 3.03. The molecule has 1 heterocycles. The van der Waals surface area contributed by atoms with Crippen LogP contribution in [0.15, 0.2) is 54.6 Å². The lowest BCUT2D eigenvalue weighted by Gasteiger charge is -2.13. The third kappa shape index (κ3) is 5.29. The molecule has 1 N–H and O–H groups in total. The molecule has 2 aromatic carbocycles. The van der Waals surface area contributed by atoms with Crippen LogP contribution in [0.1, 0.15) is 21.6 Å². The van der Waals surface area contributed by atoms with Gasteiger partial charge >= 0.3 is 6.18 Å². The number of aryl methyl sites for hydroxylation is 1. The van der Waals surface area contributed by atoms with Crippen molar-refractivity contribution in [3.8, 4) is 5.75 Å². The number of hydrogen-bond donors (Lipinski definition) is 1. The number of nitrogens with zero attached hydrogens (tertiary/aromatic N) is 2. The van der Waals surface area contributed by atoms with E-state index < -0.39 is 18.7 Å². The second kappa shape index (κ2) is 8.57. The lowest BCUT2D eigenvalue weighted by Crippen LogP contribution is -2.20. The van der Waals surface area contributed by atoms with E-state index in [4.69, 9.17) is 16.3 Å². The van der Waals surface area contributed by atoms with Gasteiger partial charge in [0.1, 0.15) is 10.9 Å². The van der Waals surface area contributed by atoms with E-state index >= 15 is 0 Å². The highest BCUT2D eigenvalue weighted by atomic mass is 35.5. The Kier molecular flexibility index (Phi) is 6.12. The Morgan fingerprint density at radius 3 is 2.48 bits per heavy atom. The van der Waals surface area contributed by atoms with Crippen molar-refractivity contribution >= 4 is 23.2 Å². The molecular formula is C20H17ClF3N3O2. The van der Waals surface area contributed by atoms with Crippen LogP contribution in [0.25, 0.3) is 0 Å². The highest BCUT2D eigenvalue weighted by molar-refractivity contribution is 6.33. The third-order valence-corrected chi connectivity index (χ3v) is 4.38. The summed E-state index contributed by atoms with van der Waals surface area (Å²) in [5, 5.41) is 6.99. The van der Waals surface area contributed by atoms with E-state index in [0.717, 1.165) is 5.56 Å². The highest BCUT2D eigenvalue weighted by Gasteiger charge is 2.29. The van der Waals surface area contributed by atoms with Crippen molar-refractivity contribution in [1.29, 1.82) is 0 Å². The smallest absolute Gasteiger partial charge is 0.422 e. The van der Waals surface area contributed by atoms with Crippen LogP contribution in [0.4, 0.5) is 18.9 Å². The number of hydrogen-bond acceptors (Lipinski definition) is 3. The zero-order valence-corrected chi connectivity index (χ0v) is 16.1. The summed E-state index contributed by atoms with van der Waals surface area (Å²) in [6.07, 6.45) is -4.49. The molecule has 5 nitrogen and oxygen atoms in total. The van der Waals surface area contributed by atoms with Gasteiger partial charge in [0.05, 0.1) is 23.5 Å². The standard InChI is InChI=1S/C20H17ClF3N3O2/c1-13-17(18(21)27(26-13)11-14-7-3-2-4-8-14)19(28)25-15-9-5-6-10-16(15)29-12-20(22,23)24/h2-10H,11-12H2,1H3,(H,25,28). The second-order valence-electron chi connectivity index (χ2n) is 6.25. The molecule has 3 rings (SSSR count). The number of halogens is 4. The van der Waals surface area contributed by atoms with Crippen LogP contribution in [0.5, 0.6) is 5.75 Å². The normalized spacial score (nSPS) is 11.3. The minimum atomic E-state index is -4.49. The molecule has 152 valence electrons. The molecule has 0 aliphatic carbocycles. The van der Waals surface area contributed by atoms with Crippen LogP contribution in [-0.2, 0) is 6.54 Å². The first-order chi connectivity index (χ1) is 13.7. The number of aromatic nitrogens is 2. The Morgan fingerprint density at radius 2 is 1.79 bits per heavy atom. The monoisotopic (exact) mass is 423 g/mol. The van der Waals surface area contributed by atoms with Crippen LogP contribution in [0.3, 0.4) is 0 Å². The highest BCUT2D eigenvalue weighted by Crippen LogP contribution is 2.28. The van der Waals surface area contributed by atoms with Gasteiger partial charge in [0.2, 0.25) is 0 Å². The Morgan fingerprint density at radius 1 is 1.14 bits per heavy atom. The quantitative estimate of drug-likeness (QED) is 0.601. The number of anilines is 1. The molecule has 0 aliphatic heterocycles. The minimum absolute atomic E-state index is 0.0939. The van der Waals surface area contributed by atoms with E-state index in [2.05, 4.69) is 10.4 Å². The molecule has 0 saturated heterocycles. The van der Waals surface area contributed by atoms with Crippen molar-refractivity contribution in [2.24, 2.45) is 0 Å². The van der Waals surface area contributed by atoms with Gasteiger partial charge in [-0.15, -0.1) is 0 Å². The molecule has 29 heavy (non-hydrogen) atoms. The number of alkyl halides is 3. The molecule has 0 bridgehead atoms. The second-order valence-corrected chi connectivity index (χ2v) is 6.61. The number of nitrogens with one attached hydrogen (secondary N) is 1. The van der Waals surface area contributed by atoms with Gasteiger partial charge in [0, 0.05) is 0 Å². The molecule has 0 saturated carbocycles. The van der Waals surface area contributed by atoms with E-state index in [1.807, 2.05) is 30.3 Å². The average molecular weight is 424 g/mol. The molecule has 3 aromatic rings. The maximum Gasteiger partial charge on any atom is 0.422 e. The first-order valence-corrected chi connectivity index (χ1v) is 8.99. The first-order valence-electron chi connectivity index (χ1n) is 8.61. The van der Waals surface area contributed by atoms with E-state index in [-0.39, 0.29) is 22.2 Å². The molecule has 0 radical (unpaired) electrons. The van der Waals surface area contributed by atoms with Gasteiger partial charge in [-0.05, 0) is 24.6 Å².